The summed E-state index contributed by atoms with van der Waals surface area (Å²) in [6.45, 7) is 1.45. The molecule has 0 fully saturated rings. The fourth-order valence-electron chi connectivity index (χ4n) is 1.83. The number of para-hydroxylation sites is 1. The number of furan rings is 1. The second-order valence-corrected chi connectivity index (χ2v) is 4.48. The maximum atomic E-state index is 12.0. The van der Waals surface area contributed by atoms with E-state index in [1.165, 1.54) is 6.26 Å². The van der Waals surface area contributed by atoms with Crippen LogP contribution >= 0.6 is 0 Å². The number of rotatable bonds is 8. The minimum Gasteiger partial charge on any atom is -0.489 e. The van der Waals surface area contributed by atoms with Gasteiger partial charge in [-0.1, -0.05) is 18.2 Å². The largest absolute Gasteiger partial charge is 0.489 e. The van der Waals surface area contributed by atoms with Crippen molar-refractivity contribution in [2.24, 2.45) is 0 Å². The van der Waals surface area contributed by atoms with Crippen LogP contribution in [0.15, 0.2) is 47.1 Å². The molecule has 1 amide bonds. The summed E-state index contributed by atoms with van der Waals surface area (Å²) in [4.78, 5) is 12.0. The number of hydrogen-bond acceptors (Lipinski definition) is 4. The Bertz CT molecular complexity index is 550. The predicted octanol–water partition coefficient (Wildman–Crippen LogP) is 2.62. The van der Waals surface area contributed by atoms with E-state index in [1.807, 2.05) is 30.3 Å². The van der Waals surface area contributed by atoms with Gasteiger partial charge in [0.25, 0.3) is 5.91 Å². The molecule has 0 bridgehead atoms. The van der Waals surface area contributed by atoms with Crippen LogP contribution in [0.1, 0.15) is 22.5 Å². The van der Waals surface area contributed by atoms with Gasteiger partial charge in [0.15, 0.2) is 5.76 Å². The van der Waals surface area contributed by atoms with Gasteiger partial charge in [0.1, 0.15) is 12.4 Å². The van der Waals surface area contributed by atoms with Crippen LogP contribution in [0.3, 0.4) is 0 Å². The number of amides is 1. The van der Waals surface area contributed by atoms with Crippen molar-refractivity contribution < 1.29 is 18.7 Å². The van der Waals surface area contributed by atoms with Crippen molar-refractivity contribution in [1.82, 2.24) is 5.32 Å². The fraction of sp³-hybridized carbons (Fsp3) is 0.312. The summed E-state index contributed by atoms with van der Waals surface area (Å²) in [6, 6.07) is 11.2. The van der Waals surface area contributed by atoms with Crippen molar-refractivity contribution in [3.8, 4) is 5.75 Å². The second kappa shape index (κ2) is 8.11. The average Bonchev–Trinajstić information content (AvgIpc) is 2.99. The molecule has 1 aromatic carbocycles. The molecule has 1 N–H and O–H groups in total. The summed E-state index contributed by atoms with van der Waals surface area (Å²) >= 11 is 0. The summed E-state index contributed by atoms with van der Waals surface area (Å²) in [5, 5.41) is 2.79. The zero-order chi connectivity index (χ0) is 14.9. The summed E-state index contributed by atoms with van der Waals surface area (Å²) in [7, 11) is 1.63. The van der Waals surface area contributed by atoms with Gasteiger partial charge in [0.05, 0.1) is 6.26 Å². The minimum atomic E-state index is -0.234. The third-order valence-electron chi connectivity index (χ3n) is 2.90. The van der Waals surface area contributed by atoms with Crippen molar-refractivity contribution in [3.63, 3.8) is 0 Å². The molecule has 1 heterocycles. The van der Waals surface area contributed by atoms with E-state index in [9.17, 15) is 4.79 Å². The van der Waals surface area contributed by atoms with Crippen LogP contribution in [0.25, 0.3) is 0 Å². The van der Waals surface area contributed by atoms with Crippen LogP contribution in [-0.2, 0) is 11.3 Å². The van der Waals surface area contributed by atoms with Gasteiger partial charge in [-0.2, -0.15) is 0 Å². The van der Waals surface area contributed by atoms with Crippen LogP contribution < -0.4 is 10.1 Å². The lowest BCUT2D eigenvalue weighted by atomic mass is 10.2. The van der Waals surface area contributed by atoms with E-state index in [-0.39, 0.29) is 5.91 Å². The molecule has 0 aliphatic rings. The van der Waals surface area contributed by atoms with E-state index in [1.54, 1.807) is 13.2 Å². The molecule has 0 spiro atoms. The monoisotopic (exact) mass is 289 g/mol. The highest BCUT2D eigenvalue weighted by Crippen LogP contribution is 2.15. The van der Waals surface area contributed by atoms with Crippen LogP contribution in [0, 0.1) is 0 Å². The molecule has 0 saturated carbocycles. The molecule has 112 valence electrons. The van der Waals surface area contributed by atoms with E-state index in [0.717, 1.165) is 17.7 Å². The van der Waals surface area contributed by atoms with Gasteiger partial charge in [-0.25, -0.2) is 0 Å². The van der Waals surface area contributed by atoms with E-state index in [0.29, 0.717) is 25.5 Å². The van der Waals surface area contributed by atoms with Gasteiger partial charge < -0.3 is 19.2 Å². The molecule has 21 heavy (non-hydrogen) atoms. The number of methoxy groups -OCH3 is 1. The Kier molecular flexibility index (Phi) is 5.84. The zero-order valence-electron chi connectivity index (χ0n) is 12.0. The first-order valence-electron chi connectivity index (χ1n) is 6.82. The quantitative estimate of drug-likeness (QED) is 0.759. The summed E-state index contributed by atoms with van der Waals surface area (Å²) in [6.07, 6.45) is 2.26. The normalized spacial score (nSPS) is 10.3. The molecule has 0 atom stereocenters. The van der Waals surface area contributed by atoms with Crippen LogP contribution in [0.4, 0.5) is 0 Å². The van der Waals surface area contributed by atoms with Gasteiger partial charge in [0.2, 0.25) is 0 Å². The highest BCUT2D eigenvalue weighted by Gasteiger charge is 2.15. The Morgan fingerprint density at radius 1 is 1.24 bits per heavy atom. The lowest BCUT2D eigenvalue weighted by Gasteiger charge is -2.07. The van der Waals surface area contributed by atoms with Crippen LogP contribution in [-0.4, -0.2) is 26.2 Å². The number of benzene rings is 1. The van der Waals surface area contributed by atoms with E-state index < -0.39 is 0 Å². The maximum Gasteiger partial charge on any atom is 0.287 e. The lowest BCUT2D eigenvalue weighted by Crippen LogP contribution is -2.25. The van der Waals surface area contributed by atoms with Crippen molar-refractivity contribution >= 4 is 5.91 Å². The van der Waals surface area contributed by atoms with E-state index in [2.05, 4.69) is 5.32 Å². The summed E-state index contributed by atoms with van der Waals surface area (Å²) < 4.78 is 15.8. The third-order valence-corrected chi connectivity index (χ3v) is 2.90. The number of nitrogens with one attached hydrogen (secondary N) is 1. The Balaban J connectivity index is 1.87. The van der Waals surface area contributed by atoms with E-state index in [4.69, 9.17) is 13.9 Å². The molecule has 0 aliphatic carbocycles. The van der Waals surface area contributed by atoms with Crippen molar-refractivity contribution in [2.45, 2.75) is 13.0 Å². The number of carbonyl (C=O) groups excluding carboxylic acids is 1. The Labute approximate surface area is 123 Å². The summed E-state index contributed by atoms with van der Waals surface area (Å²) in [5.41, 5.74) is 0.725. The molecule has 0 radical (unpaired) electrons. The fourth-order valence-corrected chi connectivity index (χ4v) is 1.83. The highest BCUT2D eigenvalue weighted by atomic mass is 16.5. The number of hydrogen-bond donors (Lipinski definition) is 1. The highest BCUT2D eigenvalue weighted by molar-refractivity contribution is 5.92. The van der Waals surface area contributed by atoms with Crippen LogP contribution in [0.2, 0.25) is 0 Å². The van der Waals surface area contributed by atoms with Gasteiger partial charge in [-0.3, -0.25) is 4.79 Å². The van der Waals surface area contributed by atoms with Gasteiger partial charge in [-0.15, -0.1) is 0 Å². The molecule has 0 unspecified atom stereocenters. The zero-order valence-corrected chi connectivity index (χ0v) is 12.0. The minimum absolute atomic E-state index is 0.234. The number of ether oxygens (including phenoxy) is 2. The molecule has 5 nitrogen and oxygen atoms in total. The molecule has 5 heteroatoms. The first kappa shape index (κ1) is 15.1. The van der Waals surface area contributed by atoms with Gasteiger partial charge >= 0.3 is 0 Å². The Hall–Kier alpha value is -2.27. The molecule has 2 rings (SSSR count). The van der Waals surface area contributed by atoms with Gasteiger partial charge in [-0.05, 0) is 24.6 Å². The average molecular weight is 289 g/mol. The topological polar surface area (TPSA) is 60.7 Å². The number of carbonyl (C=O) groups is 1. The molecule has 1 aromatic heterocycles. The molecule has 2 aromatic rings. The standard InChI is InChI=1S/C16H19NO4/c1-19-10-5-9-17-16(18)15-13(8-11-20-15)12-21-14-6-3-2-4-7-14/h2-4,6-8,11H,5,9-10,12H2,1H3,(H,17,18). The molecular weight excluding hydrogens is 270 g/mol. The first-order valence-corrected chi connectivity index (χ1v) is 6.82. The van der Waals surface area contributed by atoms with Crippen molar-refractivity contribution in [1.29, 1.82) is 0 Å². The Morgan fingerprint density at radius 2 is 2.05 bits per heavy atom. The molecule has 0 aliphatic heterocycles. The van der Waals surface area contributed by atoms with Crippen LogP contribution in [0.5, 0.6) is 5.75 Å². The maximum absolute atomic E-state index is 12.0. The van der Waals surface area contributed by atoms with Gasteiger partial charge in [0, 0.05) is 25.8 Å². The SMILES string of the molecule is COCCCNC(=O)c1occc1COc1ccccc1. The van der Waals surface area contributed by atoms with Crippen molar-refractivity contribution in [3.05, 3.63) is 54.0 Å². The third kappa shape index (κ3) is 4.65. The Morgan fingerprint density at radius 3 is 2.81 bits per heavy atom. The predicted molar refractivity (Wildman–Crippen MR) is 78.3 cm³/mol. The molecule has 0 saturated heterocycles. The second-order valence-electron chi connectivity index (χ2n) is 4.48. The first-order chi connectivity index (χ1) is 10.3. The van der Waals surface area contributed by atoms with E-state index >= 15 is 0 Å². The smallest absolute Gasteiger partial charge is 0.287 e. The lowest BCUT2D eigenvalue weighted by molar-refractivity contribution is 0.0917. The van der Waals surface area contributed by atoms with Crippen molar-refractivity contribution in [2.75, 3.05) is 20.3 Å². The molecular formula is C16H19NO4. The summed E-state index contributed by atoms with van der Waals surface area (Å²) in [5.74, 6) is 0.816.